The maximum atomic E-state index is 12.6. The van der Waals surface area contributed by atoms with E-state index in [-0.39, 0.29) is 11.8 Å². The fourth-order valence-electron chi connectivity index (χ4n) is 3.44. The van der Waals surface area contributed by atoms with Crippen LogP contribution in [-0.4, -0.2) is 31.1 Å². The molecule has 1 aliphatic rings. The Morgan fingerprint density at radius 2 is 2.07 bits per heavy atom. The minimum Gasteiger partial charge on any atom is -0.497 e. The maximum absolute atomic E-state index is 12.6. The van der Waals surface area contributed by atoms with Crippen molar-refractivity contribution in [2.75, 3.05) is 25.1 Å². The van der Waals surface area contributed by atoms with Crippen molar-refractivity contribution < 1.29 is 13.9 Å². The van der Waals surface area contributed by atoms with Crippen LogP contribution in [0.2, 0.25) is 0 Å². The van der Waals surface area contributed by atoms with Crippen LogP contribution in [-0.2, 0) is 11.3 Å². The first kappa shape index (κ1) is 17.4. The number of oxazole rings is 1. The molecular formula is C21H23N3O3. The van der Waals surface area contributed by atoms with Gasteiger partial charge in [0.25, 0.3) is 6.01 Å². The van der Waals surface area contributed by atoms with Gasteiger partial charge in [-0.25, -0.2) is 0 Å². The number of aromatic nitrogens is 1. The quantitative estimate of drug-likeness (QED) is 0.751. The summed E-state index contributed by atoms with van der Waals surface area (Å²) in [7, 11) is 1.64. The highest BCUT2D eigenvalue weighted by molar-refractivity contribution is 5.79. The van der Waals surface area contributed by atoms with E-state index in [4.69, 9.17) is 9.15 Å². The molecule has 1 fully saturated rings. The zero-order chi connectivity index (χ0) is 18.6. The van der Waals surface area contributed by atoms with Gasteiger partial charge in [-0.2, -0.15) is 4.98 Å². The molecule has 1 N–H and O–H groups in total. The number of carbonyl (C=O) groups is 1. The van der Waals surface area contributed by atoms with Crippen LogP contribution in [0.1, 0.15) is 18.4 Å². The second-order valence-electron chi connectivity index (χ2n) is 6.82. The van der Waals surface area contributed by atoms with Crippen LogP contribution in [0.25, 0.3) is 11.1 Å². The maximum Gasteiger partial charge on any atom is 0.298 e. The number of nitrogens with one attached hydrogen (secondary N) is 1. The van der Waals surface area contributed by atoms with Crippen LogP contribution in [0.5, 0.6) is 5.75 Å². The van der Waals surface area contributed by atoms with Crippen molar-refractivity contribution in [3.8, 4) is 5.75 Å². The van der Waals surface area contributed by atoms with Crippen LogP contribution in [0.15, 0.2) is 52.9 Å². The Bertz CT molecular complexity index is 887. The van der Waals surface area contributed by atoms with E-state index in [9.17, 15) is 4.79 Å². The van der Waals surface area contributed by atoms with E-state index in [2.05, 4.69) is 15.2 Å². The number of hydrogen-bond donors (Lipinski definition) is 1. The van der Waals surface area contributed by atoms with Gasteiger partial charge >= 0.3 is 0 Å². The molecule has 1 amide bonds. The van der Waals surface area contributed by atoms with Crippen LogP contribution in [0, 0.1) is 5.92 Å². The SMILES string of the molecule is COc1ccc(CNC(=O)C2CCCN(c3nc4ccccc4o3)C2)cc1. The normalized spacial score (nSPS) is 17.1. The highest BCUT2D eigenvalue weighted by atomic mass is 16.5. The summed E-state index contributed by atoms with van der Waals surface area (Å²) in [5, 5.41) is 3.05. The molecule has 1 atom stereocenters. The van der Waals surface area contributed by atoms with Crippen molar-refractivity contribution in [3.05, 3.63) is 54.1 Å². The van der Waals surface area contributed by atoms with Gasteiger partial charge in [0.2, 0.25) is 5.91 Å². The molecule has 2 heterocycles. The van der Waals surface area contributed by atoms with E-state index in [1.807, 2.05) is 48.5 Å². The van der Waals surface area contributed by atoms with Crippen molar-refractivity contribution >= 4 is 23.0 Å². The highest BCUT2D eigenvalue weighted by Crippen LogP contribution is 2.26. The molecule has 140 valence electrons. The summed E-state index contributed by atoms with van der Waals surface area (Å²) < 4.78 is 11.0. The number of nitrogens with zero attached hydrogens (tertiary/aromatic N) is 2. The molecule has 1 unspecified atom stereocenters. The number of ether oxygens (including phenoxy) is 1. The van der Waals surface area contributed by atoms with E-state index >= 15 is 0 Å². The predicted octanol–water partition coefficient (Wildman–Crippen LogP) is 3.37. The molecule has 1 aliphatic heterocycles. The number of piperidine rings is 1. The van der Waals surface area contributed by atoms with Crippen molar-refractivity contribution in [1.82, 2.24) is 10.3 Å². The van der Waals surface area contributed by atoms with Gasteiger partial charge in [0.1, 0.15) is 11.3 Å². The second kappa shape index (κ2) is 7.70. The molecular weight excluding hydrogens is 342 g/mol. The van der Waals surface area contributed by atoms with Gasteiger partial charge < -0.3 is 19.4 Å². The minimum atomic E-state index is -0.0630. The molecule has 27 heavy (non-hydrogen) atoms. The summed E-state index contributed by atoms with van der Waals surface area (Å²) in [6, 6.07) is 16.1. The summed E-state index contributed by atoms with van der Waals surface area (Å²) in [4.78, 5) is 19.3. The van der Waals surface area contributed by atoms with E-state index in [1.165, 1.54) is 0 Å². The molecule has 0 aliphatic carbocycles. The summed E-state index contributed by atoms with van der Waals surface area (Å²) in [6.07, 6.45) is 1.82. The largest absolute Gasteiger partial charge is 0.497 e. The van der Waals surface area contributed by atoms with Gasteiger partial charge in [0.15, 0.2) is 5.58 Å². The molecule has 6 nitrogen and oxygen atoms in total. The number of para-hydroxylation sites is 2. The number of anilines is 1. The number of rotatable bonds is 5. The molecule has 2 aromatic carbocycles. The molecule has 1 aromatic heterocycles. The third-order valence-electron chi connectivity index (χ3n) is 4.97. The number of hydrogen-bond acceptors (Lipinski definition) is 5. The molecule has 0 spiro atoms. The van der Waals surface area contributed by atoms with Crippen LogP contribution in [0.4, 0.5) is 6.01 Å². The minimum absolute atomic E-state index is 0.0630. The lowest BCUT2D eigenvalue weighted by Crippen LogP contribution is -2.43. The summed E-state index contributed by atoms with van der Waals surface area (Å²) in [6.45, 7) is 2.00. The first-order chi connectivity index (χ1) is 13.2. The van der Waals surface area contributed by atoms with Gasteiger partial charge in [-0.3, -0.25) is 4.79 Å². The zero-order valence-electron chi connectivity index (χ0n) is 15.4. The molecule has 0 saturated carbocycles. The Balaban J connectivity index is 1.37. The standard InChI is InChI=1S/C21H23N3O3/c1-26-17-10-8-15(9-11-17)13-22-20(25)16-5-4-12-24(14-16)21-23-18-6-2-3-7-19(18)27-21/h2-3,6-11,16H,4-5,12-14H2,1H3,(H,22,25). The number of amides is 1. The van der Waals surface area contributed by atoms with E-state index in [0.29, 0.717) is 19.1 Å². The Hall–Kier alpha value is -3.02. The average molecular weight is 365 g/mol. The Morgan fingerprint density at radius 3 is 2.85 bits per heavy atom. The lowest BCUT2D eigenvalue weighted by atomic mass is 9.97. The van der Waals surface area contributed by atoms with E-state index < -0.39 is 0 Å². The second-order valence-corrected chi connectivity index (χ2v) is 6.82. The van der Waals surface area contributed by atoms with Crippen molar-refractivity contribution in [2.45, 2.75) is 19.4 Å². The zero-order valence-corrected chi connectivity index (χ0v) is 15.4. The number of carbonyl (C=O) groups excluding carboxylic acids is 1. The number of methoxy groups -OCH3 is 1. The van der Waals surface area contributed by atoms with Gasteiger partial charge in [-0.15, -0.1) is 0 Å². The molecule has 0 radical (unpaired) electrons. The fraction of sp³-hybridized carbons (Fsp3) is 0.333. The van der Waals surface area contributed by atoms with E-state index in [1.54, 1.807) is 7.11 Å². The Kier molecular flexibility index (Phi) is 4.96. The van der Waals surface area contributed by atoms with Gasteiger partial charge in [0, 0.05) is 19.6 Å². The molecule has 3 aromatic rings. The van der Waals surface area contributed by atoms with Crippen LogP contribution < -0.4 is 15.0 Å². The number of benzene rings is 2. The Labute approximate surface area is 158 Å². The van der Waals surface area contributed by atoms with Gasteiger partial charge in [0.05, 0.1) is 13.0 Å². The predicted molar refractivity (Wildman–Crippen MR) is 104 cm³/mol. The first-order valence-electron chi connectivity index (χ1n) is 9.24. The summed E-state index contributed by atoms with van der Waals surface area (Å²) >= 11 is 0. The Morgan fingerprint density at radius 1 is 1.26 bits per heavy atom. The average Bonchev–Trinajstić information content (AvgIpc) is 3.17. The first-order valence-corrected chi connectivity index (χ1v) is 9.24. The van der Waals surface area contributed by atoms with Crippen molar-refractivity contribution in [3.63, 3.8) is 0 Å². The highest BCUT2D eigenvalue weighted by Gasteiger charge is 2.28. The molecule has 4 rings (SSSR count). The lowest BCUT2D eigenvalue weighted by molar-refractivity contribution is -0.125. The molecule has 6 heteroatoms. The smallest absolute Gasteiger partial charge is 0.298 e. The fourth-order valence-corrected chi connectivity index (χ4v) is 3.44. The molecule has 0 bridgehead atoms. The van der Waals surface area contributed by atoms with Crippen LogP contribution in [0.3, 0.4) is 0 Å². The number of fused-ring (bicyclic) bond motifs is 1. The van der Waals surface area contributed by atoms with Gasteiger partial charge in [-0.05, 0) is 42.7 Å². The monoisotopic (exact) mass is 365 g/mol. The van der Waals surface area contributed by atoms with E-state index in [0.717, 1.165) is 41.8 Å². The third kappa shape index (κ3) is 3.89. The topological polar surface area (TPSA) is 67.6 Å². The van der Waals surface area contributed by atoms with Crippen LogP contribution >= 0.6 is 0 Å². The van der Waals surface area contributed by atoms with Crippen molar-refractivity contribution in [2.24, 2.45) is 5.92 Å². The lowest BCUT2D eigenvalue weighted by Gasteiger charge is -2.30. The van der Waals surface area contributed by atoms with Crippen molar-refractivity contribution in [1.29, 1.82) is 0 Å². The van der Waals surface area contributed by atoms with Gasteiger partial charge in [-0.1, -0.05) is 24.3 Å². The third-order valence-corrected chi connectivity index (χ3v) is 4.97. The molecule has 1 saturated heterocycles. The summed E-state index contributed by atoms with van der Waals surface area (Å²) in [5.74, 6) is 0.824. The summed E-state index contributed by atoms with van der Waals surface area (Å²) in [5.41, 5.74) is 2.67.